The number of likely N-dealkylation sites (N-methyl/N-ethyl adjacent to an activating group) is 1. The maximum absolute atomic E-state index is 13.8. The molecule has 0 radical (unpaired) electrons. The number of aryl methyl sites for hydroxylation is 1. The van der Waals surface area contributed by atoms with E-state index in [1.807, 2.05) is 55.5 Å². The Morgan fingerprint density at radius 1 is 1.10 bits per heavy atom. The van der Waals surface area contributed by atoms with Gasteiger partial charge in [0, 0.05) is 30.6 Å². The Morgan fingerprint density at radius 2 is 1.80 bits per heavy atom. The zero-order chi connectivity index (χ0) is 21.8. The summed E-state index contributed by atoms with van der Waals surface area (Å²) in [6.07, 6.45) is -0.738. The minimum Gasteiger partial charge on any atom is -0.443 e. The summed E-state index contributed by atoms with van der Waals surface area (Å²) in [5, 5.41) is 0. The highest BCUT2D eigenvalue weighted by Crippen LogP contribution is 2.56. The molecule has 0 bridgehead atoms. The second-order valence-electron chi connectivity index (χ2n) is 9.03. The summed E-state index contributed by atoms with van der Waals surface area (Å²) < 4.78 is 5.58. The summed E-state index contributed by atoms with van der Waals surface area (Å²) in [4.78, 5) is 42.9. The standard InChI is InChI=1S/C24H26N2O4/c1-15-9-8-10-16(13-15)18-14-20(27)26(22(29)30-23(2,3)4)24(18)17-11-6-7-12-19(17)25(5)21(24)28/h6-13,18H,14H2,1-5H3/t18-,24-/m1/s1. The van der Waals surface area contributed by atoms with Gasteiger partial charge in [-0.15, -0.1) is 0 Å². The minimum atomic E-state index is -1.46. The number of ether oxygens (including phenoxy) is 1. The Bertz CT molecular complexity index is 1060. The van der Waals surface area contributed by atoms with Crippen LogP contribution in [0, 0.1) is 6.92 Å². The molecule has 1 spiro atoms. The fraction of sp³-hybridized carbons (Fsp3) is 0.375. The molecule has 0 unspecified atom stereocenters. The second-order valence-corrected chi connectivity index (χ2v) is 9.03. The van der Waals surface area contributed by atoms with E-state index in [1.54, 1.807) is 27.8 Å². The van der Waals surface area contributed by atoms with Gasteiger partial charge in [0.05, 0.1) is 0 Å². The average Bonchev–Trinajstić information content (AvgIpc) is 3.09. The van der Waals surface area contributed by atoms with Gasteiger partial charge in [0.25, 0.3) is 5.91 Å². The maximum Gasteiger partial charge on any atom is 0.418 e. The van der Waals surface area contributed by atoms with E-state index >= 15 is 0 Å². The number of nitrogens with zero attached hydrogens (tertiary/aromatic N) is 2. The third kappa shape index (κ3) is 2.82. The number of rotatable bonds is 1. The van der Waals surface area contributed by atoms with Gasteiger partial charge < -0.3 is 9.64 Å². The van der Waals surface area contributed by atoms with Crippen molar-refractivity contribution in [3.8, 4) is 0 Å². The van der Waals surface area contributed by atoms with Crippen LogP contribution in [0.25, 0.3) is 0 Å². The van der Waals surface area contributed by atoms with Crippen LogP contribution in [0.1, 0.15) is 49.8 Å². The first-order valence-electron chi connectivity index (χ1n) is 10.1. The molecule has 3 amide bonds. The van der Waals surface area contributed by atoms with Crippen LogP contribution in [0.3, 0.4) is 0 Å². The third-order valence-corrected chi connectivity index (χ3v) is 5.81. The number of anilines is 1. The highest BCUT2D eigenvalue weighted by atomic mass is 16.6. The van der Waals surface area contributed by atoms with E-state index in [-0.39, 0.29) is 12.3 Å². The fourth-order valence-corrected chi connectivity index (χ4v) is 4.69. The number of carbonyl (C=O) groups excluding carboxylic acids is 3. The molecule has 6 heteroatoms. The van der Waals surface area contributed by atoms with Gasteiger partial charge >= 0.3 is 6.09 Å². The number of benzene rings is 2. The summed E-state index contributed by atoms with van der Waals surface area (Å²) in [6.45, 7) is 7.20. The molecule has 0 N–H and O–H groups in total. The molecule has 2 aliphatic rings. The Hall–Kier alpha value is -3.15. The Morgan fingerprint density at radius 3 is 2.47 bits per heavy atom. The van der Waals surface area contributed by atoms with Gasteiger partial charge in [-0.1, -0.05) is 48.0 Å². The molecule has 2 atom stereocenters. The molecule has 6 nitrogen and oxygen atoms in total. The van der Waals surface area contributed by atoms with E-state index in [1.165, 1.54) is 4.90 Å². The molecular weight excluding hydrogens is 380 g/mol. The van der Waals surface area contributed by atoms with Crippen LogP contribution in [0.15, 0.2) is 48.5 Å². The molecule has 0 saturated carbocycles. The number of para-hydroxylation sites is 1. The van der Waals surface area contributed by atoms with Crippen molar-refractivity contribution in [2.45, 2.75) is 51.2 Å². The van der Waals surface area contributed by atoms with E-state index in [2.05, 4.69) is 0 Å². The monoisotopic (exact) mass is 406 g/mol. The van der Waals surface area contributed by atoms with Crippen molar-refractivity contribution in [1.29, 1.82) is 0 Å². The van der Waals surface area contributed by atoms with Gasteiger partial charge in [0.15, 0.2) is 5.54 Å². The lowest BCUT2D eigenvalue weighted by Gasteiger charge is -2.37. The molecular formula is C24H26N2O4. The highest BCUT2D eigenvalue weighted by Gasteiger charge is 2.67. The van der Waals surface area contributed by atoms with E-state index < -0.39 is 29.1 Å². The first-order valence-corrected chi connectivity index (χ1v) is 10.1. The first kappa shape index (κ1) is 20.1. The largest absolute Gasteiger partial charge is 0.443 e. The normalized spacial score (nSPS) is 23.3. The number of amides is 3. The molecule has 2 aromatic carbocycles. The number of likely N-dealkylation sites (tertiary alicyclic amines) is 1. The van der Waals surface area contributed by atoms with Crippen molar-refractivity contribution in [2.24, 2.45) is 0 Å². The molecule has 0 aliphatic carbocycles. The van der Waals surface area contributed by atoms with Crippen LogP contribution in [0.2, 0.25) is 0 Å². The molecule has 2 heterocycles. The van der Waals surface area contributed by atoms with E-state index in [0.29, 0.717) is 11.3 Å². The maximum atomic E-state index is 13.8. The Balaban J connectivity index is 1.98. The van der Waals surface area contributed by atoms with Crippen molar-refractivity contribution in [3.05, 3.63) is 65.2 Å². The molecule has 4 rings (SSSR count). The van der Waals surface area contributed by atoms with Crippen LogP contribution in [-0.4, -0.2) is 35.5 Å². The van der Waals surface area contributed by atoms with E-state index in [4.69, 9.17) is 4.74 Å². The minimum absolute atomic E-state index is 0.0522. The lowest BCUT2D eigenvalue weighted by molar-refractivity contribution is -0.138. The Kier molecular flexibility index (Phi) is 4.49. The SMILES string of the molecule is Cc1cccc([C@H]2CC(=O)N(C(=O)OC(C)(C)C)[C@@]23C(=O)N(C)c2ccccc23)c1. The predicted octanol–water partition coefficient (Wildman–Crippen LogP) is 4.12. The second kappa shape index (κ2) is 6.69. The smallest absolute Gasteiger partial charge is 0.418 e. The summed E-state index contributed by atoms with van der Waals surface area (Å²) in [6, 6.07) is 15.1. The predicted molar refractivity (Wildman–Crippen MR) is 113 cm³/mol. The van der Waals surface area contributed by atoms with Crippen LogP contribution in [0.5, 0.6) is 0 Å². The van der Waals surface area contributed by atoms with Crippen LogP contribution in [-0.2, 0) is 19.9 Å². The summed E-state index contributed by atoms with van der Waals surface area (Å²) in [7, 11) is 1.68. The van der Waals surface area contributed by atoms with E-state index in [9.17, 15) is 14.4 Å². The molecule has 2 aliphatic heterocycles. The van der Waals surface area contributed by atoms with E-state index in [0.717, 1.165) is 16.0 Å². The molecule has 0 aromatic heterocycles. The molecule has 30 heavy (non-hydrogen) atoms. The zero-order valence-electron chi connectivity index (χ0n) is 17.9. The van der Waals surface area contributed by atoms with Crippen molar-refractivity contribution < 1.29 is 19.1 Å². The Labute approximate surface area is 176 Å². The lowest BCUT2D eigenvalue weighted by Crippen LogP contribution is -2.55. The van der Waals surface area contributed by atoms with Crippen molar-refractivity contribution in [1.82, 2.24) is 4.90 Å². The number of fused-ring (bicyclic) bond motifs is 2. The van der Waals surface area contributed by atoms with Gasteiger partial charge in [0.1, 0.15) is 5.60 Å². The number of carbonyl (C=O) groups is 3. The van der Waals surface area contributed by atoms with Crippen molar-refractivity contribution in [2.75, 3.05) is 11.9 Å². The van der Waals surface area contributed by atoms with Crippen molar-refractivity contribution >= 4 is 23.6 Å². The van der Waals surface area contributed by atoms with Crippen LogP contribution >= 0.6 is 0 Å². The zero-order valence-corrected chi connectivity index (χ0v) is 17.9. The fourth-order valence-electron chi connectivity index (χ4n) is 4.69. The molecule has 156 valence electrons. The molecule has 1 saturated heterocycles. The van der Waals surface area contributed by atoms with Gasteiger partial charge in [-0.2, -0.15) is 0 Å². The summed E-state index contributed by atoms with van der Waals surface area (Å²) >= 11 is 0. The van der Waals surface area contributed by atoms with Gasteiger partial charge in [-0.25, -0.2) is 9.69 Å². The highest BCUT2D eigenvalue weighted by molar-refractivity contribution is 6.15. The van der Waals surface area contributed by atoms with Gasteiger partial charge in [-0.05, 0) is 39.3 Å². The average molecular weight is 406 g/mol. The summed E-state index contributed by atoms with van der Waals surface area (Å²) in [5.41, 5.74) is 0.973. The number of hydrogen-bond donors (Lipinski definition) is 0. The van der Waals surface area contributed by atoms with Crippen LogP contribution in [0.4, 0.5) is 10.5 Å². The number of hydrogen-bond acceptors (Lipinski definition) is 4. The first-order chi connectivity index (χ1) is 14.1. The topological polar surface area (TPSA) is 66.9 Å². The van der Waals surface area contributed by atoms with Crippen LogP contribution < -0.4 is 4.90 Å². The van der Waals surface area contributed by atoms with Gasteiger partial charge in [0.2, 0.25) is 5.91 Å². The number of imide groups is 1. The molecule has 2 aromatic rings. The molecule has 1 fully saturated rings. The summed E-state index contributed by atoms with van der Waals surface area (Å²) in [5.74, 6) is -1.21. The third-order valence-electron chi connectivity index (χ3n) is 5.81. The quantitative estimate of drug-likeness (QED) is 0.715. The van der Waals surface area contributed by atoms with Gasteiger partial charge in [-0.3, -0.25) is 9.59 Å². The lowest BCUT2D eigenvalue weighted by atomic mass is 9.75. The van der Waals surface area contributed by atoms with Crippen molar-refractivity contribution in [3.63, 3.8) is 0 Å².